The Labute approximate surface area is 86.4 Å². The molecule has 80 valence electrons. The fourth-order valence-electron chi connectivity index (χ4n) is 3.16. The predicted octanol–water partition coefficient (Wildman–Crippen LogP) is 2.09. The van der Waals surface area contributed by atoms with Crippen molar-refractivity contribution in [3.05, 3.63) is 0 Å². The molecular formula is C12H21NO. The second-order valence-electron chi connectivity index (χ2n) is 5.45. The summed E-state index contributed by atoms with van der Waals surface area (Å²) in [5, 5.41) is 3.46. The zero-order valence-corrected chi connectivity index (χ0v) is 8.93. The molecule has 2 heteroatoms. The van der Waals surface area contributed by atoms with Crippen molar-refractivity contribution in [3.63, 3.8) is 0 Å². The van der Waals surface area contributed by atoms with E-state index in [9.17, 15) is 0 Å². The molecule has 3 fully saturated rings. The Morgan fingerprint density at radius 2 is 1.71 bits per heavy atom. The lowest BCUT2D eigenvalue weighted by atomic mass is 9.77. The Morgan fingerprint density at radius 3 is 2.43 bits per heavy atom. The molecule has 3 rings (SSSR count). The van der Waals surface area contributed by atoms with Gasteiger partial charge in [-0.25, -0.2) is 0 Å². The molecule has 0 aromatic heterocycles. The van der Waals surface area contributed by atoms with Gasteiger partial charge in [0.2, 0.25) is 0 Å². The Kier molecular flexibility index (Phi) is 2.29. The third-order valence-corrected chi connectivity index (χ3v) is 4.23. The van der Waals surface area contributed by atoms with Crippen molar-refractivity contribution in [2.24, 2.45) is 5.41 Å². The number of ether oxygens (including phenoxy) is 1. The van der Waals surface area contributed by atoms with Crippen LogP contribution < -0.4 is 5.32 Å². The third kappa shape index (κ3) is 1.82. The van der Waals surface area contributed by atoms with Crippen molar-refractivity contribution in [1.29, 1.82) is 0 Å². The first kappa shape index (κ1) is 9.17. The topological polar surface area (TPSA) is 21.3 Å². The molecule has 3 aliphatic rings. The van der Waals surface area contributed by atoms with Crippen LogP contribution >= 0.6 is 0 Å². The van der Waals surface area contributed by atoms with E-state index in [1.165, 1.54) is 58.0 Å². The van der Waals surface area contributed by atoms with Crippen molar-refractivity contribution in [3.8, 4) is 0 Å². The number of rotatable bonds is 2. The molecule has 14 heavy (non-hydrogen) atoms. The Bertz CT molecular complexity index is 206. The lowest BCUT2D eigenvalue weighted by Gasteiger charge is -2.33. The minimum atomic E-state index is 0.612. The molecule has 1 N–H and O–H groups in total. The molecule has 1 heterocycles. The molecule has 2 saturated carbocycles. The lowest BCUT2D eigenvalue weighted by Crippen LogP contribution is -2.35. The van der Waals surface area contributed by atoms with E-state index in [-0.39, 0.29) is 0 Å². The maximum Gasteiger partial charge on any atom is 0.0584 e. The predicted molar refractivity (Wildman–Crippen MR) is 56.3 cm³/mol. The summed E-state index contributed by atoms with van der Waals surface area (Å²) >= 11 is 0. The molecule has 0 unspecified atom stereocenters. The molecule has 2 nitrogen and oxygen atoms in total. The average molecular weight is 195 g/mol. The van der Waals surface area contributed by atoms with Crippen LogP contribution in [0.5, 0.6) is 0 Å². The van der Waals surface area contributed by atoms with Crippen LogP contribution in [0.25, 0.3) is 0 Å². The van der Waals surface area contributed by atoms with Crippen LogP contribution in [0.3, 0.4) is 0 Å². The number of hydrogen-bond donors (Lipinski definition) is 1. The van der Waals surface area contributed by atoms with E-state index in [1.807, 2.05) is 0 Å². The van der Waals surface area contributed by atoms with E-state index in [0.29, 0.717) is 17.6 Å². The summed E-state index contributed by atoms with van der Waals surface area (Å²) in [5.41, 5.74) is 0.671. The van der Waals surface area contributed by atoms with Crippen molar-refractivity contribution >= 4 is 0 Å². The number of hydrogen-bond acceptors (Lipinski definition) is 2. The zero-order valence-electron chi connectivity index (χ0n) is 8.93. The van der Waals surface area contributed by atoms with Gasteiger partial charge in [-0.15, -0.1) is 0 Å². The van der Waals surface area contributed by atoms with Crippen LogP contribution in [0.4, 0.5) is 0 Å². The molecule has 0 radical (unpaired) electrons. The lowest BCUT2D eigenvalue weighted by molar-refractivity contribution is 0.0328. The zero-order chi connectivity index (χ0) is 9.43. The summed E-state index contributed by atoms with van der Waals surface area (Å²) in [4.78, 5) is 0. The Morgan fingerprint density at radius 1 is 0.929 bits per heavy atom. The fraction of sp³-hybridized carbons (Fsp3) is 1.00. The Hall–Kier alpha value is -0.0800. The van der Waals surface area contributed by atoms with E-state index in [0.717, 1.165) is 0 Å². The summed E-state index contributed by atoms with van der Waals surface area (Å²) in [6, 6.07) is 0. The molecule has 1 atom stereocenters. The van der Waals surface area contributed by atoms with Crippen molar-refractivity contribution in [2.75, 3.05) is 13.1 Å². The maximum absolute atomic E-state index is 6.03. The van der Waals surface area contributed by atoms with Crippen molar-refractivity contribution in [1.82, 2.24) is 5.32 Å². The first-order chi connectivity index (χ1) is 6.86. The van der Waals surface area contributed by atoms with Gasteiger partial charge in [0.25, 0.3) is 0 Å². The van der Waals surface area contributed by atoms with Gasteiger partial charge >= 0.3 is 0 Å². The van der Waals surface area contributed by atoms with Gasteiger partial charge < -0.3 is 10.1 Å². The highest BCUT2D eigenvalue weighted by molar-refractivity contribution is 4.93. The fourth-order valence-corrected chi connectivity index (χ4v) is 3.16. The van der Waals surface area contributed by atoms with E-state index >= 15 is 0 Å². The van der Waals surface area contributed by atoms with Gasteiger partial charge in [0.1, 0.15) is 0 Å². The standard InChI is InChI=1S/C12H21NO/c1-2-10(1)14-11-3-4-12(9-11)5-7-13-8-6-12/h10-11,13H,1-9H2/t11-/m0/s1. The monoisotopic (exact) mass is 195 g/mol. The quantitative estimate of drug-likeness (QED) is 0.728. The van der Waals surface area contributed by atoms with Crippen molar-refractivity contribution in [2.45, 2.75) is 57.2 Å². The molecule has 0 aromatic carbocycles. The summed E-state index contributed by atoms with van der Waals surface area (Å²) in [5.74, 6) is 0. The van der Waals surface area contributed by atoms with Gasteiger partial charge in [-0.2, -0.15) is 0 Å². The van der Waals surface area contributed by atoms with E-state index < -0.39 is 0 Å². The van der Waals surface area contributed by atoms with Crippen LogP contribution in [-0.4, -0.2) is 25.3 Å². The molecule has 2 aliphatic carbocycles. The van der Waals surface area contributed by atoms with Crippen LogP contribution in [0, 0.1) is 5.41 Å². The molecule has 0 aromatic rings. The van der Waals surface area contributed by atoms with Gasteiger partial charge in [0, 0.05) is 0 Å². The van der Waals surface area contributed by atoms with Gasteiger partial charge in [-0.3, -0.25) is 0 Å². The van der Waals surface area contributed by atoms with Gasteiger partial charge in [-0.05, 0) is 63.5 Å². The van der Waals surface area contributed by atoms with E-state index in [1.54, 1.807) is 0 Å². The van der Waals surface area contributed by atoms with Crippen LogP contribution in [0.1, 0.15) is 44.9 Å². The minimum Gasteiger partial charge on any atom is -0.375 e. The highest BCUT2D eigenvalue weighted by Crippen LogP contribution is 2.47. The average Bonchev–Trinajstić information content (AvgIpc) is 2.93. The SMILES string of the molecule is C1CC2(CCN1)CC[C@H](OC1CC1)C2. The summed E-state index contributed by atoms with van der Waals surface area (Å²) in [6.07, 6.45) is 10.8. The first-order valence-electron chi connectivity index (χ1n) is 6.23. The van der Waals surface area contributed by atoms with Crippen LogP contribution in [0.2, 0.25) is 0 Å². The number of piperidine rings is 1. The van der Waals surface area contributed by atoms with Gasteiger partial charge in [-0.1, -0.05) is 0 Å². The van der Waals surface area contributed by atoms with Gasteiger partial charge in [0.05, 0.1) is 12.2 Å². The first-order valence-corrected chi connectivity index (χ1v) is 6.23. The summed E-state index contributed by atoms with van der Waals surface area (Å²) in [7, 11) is 0. The van der Waals surface area contributed by atoms with E-state index in [2.05, 4.69) is 5.32 Å². The molecule has 1 spiro atoms. The second kappa shape index (κ2) is 3.49. The molecule has 1 aliphatic heterocycles. The molecular weight excluding hydrogens is 174 g/mol. The highest BCUT2D eigenvalue weighted by Gasteiger charge is 2.41. The summed E-state index contributed by atoms with van der Waals surface area (Å²) < 4.78 is 6.03. The van der Waals surface area contributed by atoms with E-state index in [4.69, 9.17) is 4.74 Å². The summed E-state index contributed by atoms with van der Waals surface area (Å²) in [6.45, 7) is 2.46. The Balaban J connectivity index is 1.56. The molecule has 0 bridgehead atoms. The number of nitrogens with one attached hydrogen (secondary N) is 1. The van der Waals surface area contributed by atoms with Crippen LogP contribution in [-0.2, 0) is 4.74 Å². The smallest absolute Gasteiger partial charge is 0.0584 e. The van der Waals surface area contributed by atoms with Crippen LogP contribution in [0.15, 0.2) is 0 Å². The largest absolute Gasteiger partial charge is 0.375 e. The normalized spacial score (nSPS) is 36.4. The van der Waals surface area contributed by atoms with Crippen molar-refractivity contribution < 1.29 is 4.74 Å². The minimum absolute atomic E-state index is 0.612. The maximum atomic E-state index is 6.03. The molecule has 0 amide bonds. The van der Waals surface area contributed by atoms with Gasteiger partial charge in [0.15, 0.2) is 0 Å². The second-order valence-corrected chi connectivity index (χ2v) is 5.45. The molecule has 1 saturated heterocycles. The third-order valence-electron chi connectivity index (χ3n) is 4.23. The highest BCUT2D eigenvalue weighted by atomic mass is 16.5.